The maximum Gasteiger partial charge on any atom is 0.262 e. The van der Waals surface area contributed by atoms with Crippen LogP contribution in [0.4, 0.5) is 0 Å². The fourth-order valence-electron chi connectivity index (χ4n) is 7.47. The summed E-state index contributed by atoms with van der Waals surface area (Å²) in [5.41, 5.74) is 6.05. The molecule has 12 nitrogen and oxygen atoms in total. The minimum atomic E-state index is -0.748. The monoisotopic (exact) mass is 771 g/mol. The third-order valence-corrected chi connectivity index (χ3v) is 11.7. The predicted molar refractivity (Wildman–Crippen MR) is 212 cm³/mol. The van der Waals surface area contributed by atoms with Crippen molar-refractivity contribution in [2.45, 2.75) is 84.8 Å². The maximum atomic E-state index is 13.8. The van der Waals surface area contributed by atoms with E-state index in [-0.39, 0.29) is 30.3 Å². The Morgan fingerprint density at radius 3 is 2.60 bits per heavy atom. The van der Waals surface area contributed by atoms with Crippen LogP contribution in [0.3, 0.4) is 0 Å². The smallest absolute Gasteiger partial charge is 0.262 e. The fourth-order valence-corrected chi connectivity index (χ4v) is 8.81. The fraction of sp³-hybridized carbons (Fsp3) is 0.317. The highest BCUT2D eigenvalue weighted by Crippen LogP contribution is 2.39. The molecule has 14 heteroatoms. The minimum absolute atomic E-state index is 0.184. The van der Waals surface area contributed by atoms with Crippen LogP contribution in [0.1, 0.15) is 101 Å². The van der Waals surface area contributed by atoms with E-state index in [4.69, 9.17) is 16.6 Å². The zero-order chi connectivity index (χ0) is 38.4. The number of nitrogens with one attached hydrogen (secondary N) is 1. The van der Waals surface area contributed by atoms with Crippen molar-refractivity contribution in [2.24, 2.45) is 4.99 Å². The van der Waals surface area contributed by atoms with Crippen molar-refractivity contribution in [3.8, 4) is 16.8 Å². The summed E-state index contributed by atoms with van der Waals surface area (Å²) < 4.78 is 5.47. The van der Waals surface area contributed by atoms with E-state index >= 15 is 0 Å². The number of thiophene rings is 1. The van der Waals surface area contributed by atoms with Crippen molar-refractivity contribution in [3.05, 3.63) is 120 Å². The second kappa shape index (κ2) is 14.8. The SMILES string of the molecule is Cc1c(C#Cc2cnn(CCCCCc3cccc4nc(C)n(C5CCC(=O)NC5=O)c(=O)c34)c2)sc2c1C(c1ccc(Cl)cc1)=N[C@@H](C)c1nnc(C)n1-2. The Morgan fingerprint density at radius 1 is 0.982 bits per heavy atom. The number of fused-ring (bicyclic) bond motifs is 4. The molecule has 4 aromatic heterocycles. The Bertz CT molecular complexity index is 2660. The van der Waals surface area contributed by atoms with E-state index in [0.717, 1.165) is 80.9 Å². The topological polar surface area (TPSA) is 142 Å². The first kappa shape index (κ1) is 36.3. The highest BCUT2D eigenvalue weighted by atomic mass is 35.5. The molecule has 2 amide bonds. The lowest BCUT2D eigenvalue weighted by atomic mass is 9.99. The molecular formula is C41H38ClN9O3S. The van der Waals surface area contributed by atoms with E-state index in [1.807, 2.05) is 67.2 Å². The number of carbonyl (C=O) groups excluding carboxylic acids is 2. The van der Waals surface area contributed by atoms with Gasteiger partial charge in [-0.15, -0.1) is 21.5 Å². The average Bonchev–Trinajstić information content (AvgIpc) is 3.85. The van der Waals surface area contributed by atoms with E-state index in [0.29, 0.717) is 28.2 Å². The second-order valence-electron chi connectivity index (χ2n) is 14.0. The number of carbonyl (C=O) groups is 2. The normalized spacial score (nSPS) is 16.6. The largest absolute Gasteiger partial charge is 0.295 e. The maximum absolute atomic E-state index is 13.8. The van der Waals surface area contributed by atoms with Crippen molar-refractivity contribution in [2.75, 3.05) is 0 Å². The van der Waals surface area contributed by atoms with Gasteiger partial charge in [0.05, 0.1) is 33.3 Å². The van der Waals surface area contributed by atoms with E-state index in [1.165, 1.54) is 4.57 Å². The van der Waals surface area contributed by atoms with Gasteiger partial charge < -0.3 is 0 Å². The summed E-state index contributed by atoms with van der Waals surface area (Å²) >= 11 is 7.85. The number of imide groups is 1. The van der Waals surface area contributed by atoms with Gasteiger partial charge >= 0.3 is 0 Å². The molecule has 0 radical (unpaired) electrons. The molecule has 0 saturated carbocycles. The number of hydrogen-bond acceptors (Lipinski definition) is 9. The molecule has 6 aromatic rings. The second-order valence-corrected chi connectivity index (χ2v) is 15.4. The number of aryl methyl sites for hydroxylation is 4. The molecule has 2 aliphatic rings. The zero-order valence-electron chi connectivity index (χ0n) is 30.9. The molecule has 0 bridgehead atoms. The number of halogens is 1. The van der Waals surface area contributed by atoms with Crippen molar-refractivity contribution in [1.82, 2.24) is 39.4 Å². The van der Waals surface area contributed by atoms with Crippen molar-refractivity contribution < 1.29 is 9.59 Å². The van der Waals surface area contributed by atoms with Crippen LogP contribution >= 0.6 is 22.9 Å². The number of unbranched alkanes of at least 4 members (excludes halogenated alkanes) is 2. The molecule has 0 aliphatic carbocycles. The molecule has 2 aliphatic heterocycles. The lowest BCUT2D eigenvalue weighted by molar-refractivity contribution is -0.135. The van der Waals surface area contributed by atoms with Gasteiger partial charge in [-0.05, 0) is 82.7 Å². The van der Waals surface area contributed by atoms with Gasteiger partial charge in [-0.25, -0.2) is 4.98 Å². The Hall–Kier alpha value is -5.71. The Morgan fingerprint density at radius 2 is 1.80 bits per heavy atom. The van der Waals surface area contributed by atoms with Gasteiger partial charge in [0.2, 0.25) is 11.8 Å². The van der Waals surface area contributed by atoms with Crippen LogP contribution in [-0.4, -0.2) is 51.6 Å². The number of aromatic nitrogens is 7. The summed E-state index contributed by atoms with van der Waals surface area (Å²) in [4.78, 5) is 48.8. The molecule has 55 heavy (non-hydrogen) atoms. The molecular weight excluding hydrogens is 734 g/mol. The number of aliphatic imine (C=N–C) groups is 1. The van der Waals surface area contributed by atoms with Gasteiger partial charge in [-0.3, -0.25) is 38.5 Å². The first-order valence-corrected chi connectivity index (χ1v) is 19.6. The lowest BCUT2D eigenvalue weighted by Gasteiger charge is -2.24. The van der Waals surface area contributed by atoms with Crippen LogP contribution in [0.2, 0.25) is 5.02 Å². The van der Waals surface area contributed by atoms with Crippen LogP contribution in [-0.2, 0) is 22.6 Å². The molecule has 0 spiro atoms. The summed E-state index contributed by atoms with van der Waals surface area (Å²) in [6, 6.07) is 12.5. The Kier molecular flexibility index (Phi) is 9.79. The molecule has 1 fully saturated rings. The van der Waals surface area contributed by atoms with Gasteiger partial charge in [0.1, 0.15) is 28.7 Å². The van der Waals surface area contributed by atoms with Crippen LogP contribution < -0.4 is 10.9 Å². The van der Waals surface area contributed by atoms with Crippen molar-refractivity contribution in [1.29, 1.82) is 0 Å². The summed E-state index contributed by atoms with van der Waals surface area (Å²) in [5, 5.41) is 18.0. The molecule has 8 rings (SSSR count). The third-order valence-electron chi connectivity index (χ3n) is 10.2. The van der Waals surface area contributed by atoms with Crippen molar-refractivity contribution in [3.63, 3.8) is 0 Å². The van der Waals surface area contributed by atoms with Gasteiger partial charge in [0, 0.05) is 35.3 Å². The van der Waals surface area contributed by atoms with E-state index < -0.39 is 11.9 Å². The molecule has 278 valence electrons. The first-order valence-electron chi connectivity index (χ1n) is 18.4. The third kappa shape index (κ3) is 6.92. The number of hydrogen-bond donors (Lipinski definition) is 1. The number of benzene rings is 2. The van der Waals surface area contributed by atoms with Gasteiger partial charge in [-0.1, -0.05) is 54.1 Å². The lowest BCUT2D eigenvalue weighted by Crippen LogP contribution is -2.45. The van der Waals surface area contributed by atoms with Crippen LogP contribution in [0.15, 0.2) is 64.6 Å². The number of nitrogens with zero attached hydrogens (tertiary/aromatic N) is 8. The highest BCUT2D eigenvalue weighted by molar-refractivity contribution is 7.15. The summed E-state index contributed by atoms with van der Waals surface area (Å²) in [6.45, 7) is 8.55. The van der Waals surface area contributed by atoms with Crippen LogP contribution in [0.5, 0.6) is 0 Å². The molecule has 1 saturated heterocycles. The van der Waals surface area contributed by atoms with Gasteiger partial charge in [-0.2, -0.15) is 5.10 Å². The average molecular weight is 772 g/mol. The summed E-state index contributed by atoms with van der Waals surface area (Å²) in [6.07, 6.45) is 7.64. The number of piperidine rings is 1. The molecule has 2 aromatic carbocycles. The zero-order valence-corrected chi connectivity index (χ0v) is 32.5. The van der Waals surface area contributed by atoms with Gasteiger partial charge in [0.25, 0.3) is 5.56 Å². The standard InChI is InChI=1S/C41H38ClN9O3S/c1-23-33(55-41-35(23)37(29-13-15-30(42)16-14-29)44-24(2)38-48-47-26(4)51(38)41)18-12-27-21-43-49(22-27)20-7-5-6-9-28-10-8-11-31-36(28)40(54)50(25(3)45-31)32-17-19-34(52)46-39(32)53/h8,10-11,13-16,21-22,24,32H,5-7,9,17,19-20H2,1-4H3,(H,46,52,53)/t24-,32?/m0/s1. The van der Waals surface area contributed by atoms with E-state index in [9.17, 15) is 14.4 Å². The Labute approximate surface area is 326 Å². The van der Waals surface area contributed by atoms with E-state index in [1.54, 1.807) is 24.5 Å². The summed E-state index contributed by atoms with van der Waals surface area (Å²) in [7, 11) is 0. The quantitative estimate of drug-likeness (QED) is 0.106. The Balaban J connectivity index is 0.951. The summed E-state index contributed by atoms with van der Waals surface area (Å²) in [5.74, 6) is 8.02. The van der Waals surface area contributed by atoms with Crippen LogP contribution in [0, 0.1) is 32.6 Å². The van der Waals surface area contributed by atoms with Crippen LogP contribution in [0.25, 0.3) is 15.9 Å². The number of rotatable bonds is 8. The molecule has 1 N–H and O–H groups in total. The highest BCUT2D eigenvalue weighted by Gasteiger charge is 2.32. The van der Waals surface area contributed by atoms with E-state index in [2.05, 4.69) is 48.9 Å². The van der Waals surface area contributed by atoms with Crippen molar-refractivity contribution >= 4 is 51.4 Å². The molecule has 6 heterocycles. The number of amides is 2. The minimum Gasteiger partial charge on any atom is -0.295 e. The molecule has 1 unspecified atom stereocenters. The first-order chi connectivity index (χ1) is 26.6. The molecule has 2 atom stereocenters. The van der Waals surface area contributed by atoms with Gasteiger partial charge in [0.15, 0.2) is 5.82 Å². The predicted octanol–water partition coefficient (Wildman–Crippen LogP) is 6.52.